The summed E-state index contributed by atoms with van der Waals surface area (Å²) in [4.78, 5) is 25.4. The summed E-state index contributed by atoms with van der Waals surface area (Å²) in [6, 6.07) is 24.0. The Morgan fingerprint density at radius 3 is 2.46 bits per heavy atom. The average Bonchev–Trinajstić information content (AvgIpc) is 2.90. The van der Waals surface area contributed by atoms with Crippen LogP contribution in [0.15, 0.2) is 92.9 Å². The maximum atomic E-state index is 12.8. The van der Waals surface area contributed by atoms with E-state index in [0.717, 1.165) is 25.3 Å². The fourth-order valence-electron chi connectivity index (χ4n) is 3.58. The van der Waals surface area contributed by atoms with Crippen molar-refractivity contribution < 1.29 is 19.1 Å². The molecule has 1 N–H and O–H groups in total. The molecule has 8 heteroatoms. The predicted molar refractivity (Wildman–Crippen MR) is 152 cm³/mol. The van der Waals surface area contributed by atoms with Crippen molar-refractivity contribution in [3.63, 3.8) is 0 Å². The topological polar surface area (TPSA) is 77.0 Å². The lowest BCUT2D eigenvalue weighted by atomic mass is 10.1. The summed E-state index contributed by atoms with van der Waals surface area (Å²) in [5, 5.41) is 6.15. The molecule has 1 atom stereocenters. The van der Waals surface area contributed by atoms with E-state index >= 15 is 0 Å². The molecule has 0 aliphatic carbocycles. The van der Waals surface area contributed by atoms with Crippen LogP contribution in [0.4, 0.5) is 0 Å². The van der Waals surface area contributed by atoms with Gasteiger partial charge >= 0.3 is 5.97 Å². The molecule has 0 spiro atoms. The highest BCUT2D eigenvalue weighted by Crippen LogP contribution is 2.34. The van der Waals surface area contributed by atoms with E-state index in [-0.39, 0.29) is 0 Å². The molecule has 0 aromatic heterocycles. The first kappa shape index (κ1) is 26.6. The van der Waals surface area contributed by atoms with Crippen LogP contribution in [0, 0.1) is 6.92 Å². The molecular formula is C29H24Br2N2O4. The van der Waals surface area contributed by atoms with E-state index in [4.69, 9.17) is 9.47 Å². The number of nitrogens with one attached hydrogen (secondary N) is 1. The van der Waals surface area contributed by atoms with Crippen molar-refractivity contribution >= 4 is 60.7 Å². The fourth-order valence-corrected chi connectivity index (χ4v) is 4.54. The van der Waals surface area contributed by atoms with Gasteiger partial charge in [-0.1, -0.05) is 70.9 Å². The van der Waals surface area contributed by atoms with Gasteiger partial charge < -0.3 is 9.47 Å². The lowest BCUT2D eigenvalue weighted by molar-refractivity contribution is -0.128. The normalized spacial score (nSPS) is 11.9. The van der Waals surface area contributed by atoms with Crippen molar-refractivity contribution in [2.45, 2.75) is 26.4 Å². The number of hydrogen-bond acceptors (Lipinski definition) is 5. The third kappa shape index (κ3) is 6.64. The van der Waals surface area contributed by atoms with Gasteiger partial charge in [-0.15, -0.1) is 0 Å². The van der Waals surface area contributed by atoms with E-state index in [1.807, 2.05) is 62.4 Å². The highest BCUT2D eigenvalue weighted by atomic mass is 79.9. The molecule has 0 radical (unpaired) electrons. The summed E-state index contributed by atoms with van der Waals surface area (Å²) in [5.74, 6) is 0.00514. The number of hydrogen-bond donors (Lipinski definition) is 1. The number of fused-ring (bicyclic) bond motifs is 1. The van der Waals surface area contributed by atoms with Crippen molar-refractivity contribution in [3.8, 4) is 11.5 Å². The van der Waals surface area contributed by atoms with Gasteiger partial charge in [0.15, 0.2) is 6.10 Å². The maximum Gasteiger partial charge on any atom is 0.343 e. The number of carbonyl (C=O) groups excluding carboxylic acids is 2. The van der Waals surface area contributed by atoms with Gasteiger partial charge in [-0.2, -0.15) is 5.10 Å². The molecule has 4 rings (SSSR count). The lowest BCUT2D eigenvalue weighted by Gasteiger charge is -2.17. The number of aryl methyl sites for hydroxylation is 1. The van der Waals surface area contributed by atoms with Gasteiger partial charge in [0, 0.05) is 10.0 Å². The Morgan fingerprint density at radius 2 is 1.70 bits per heavy atom. The van der Waals surface area contributed by atoms with E-state index in [0.29, 0.717) is 29.0 Å². The molecule has 4 aromatic carbocycles. The van der Waals surface area contributed by atoms with Gasteiger partial charge in [0.05, 0.1) is 16.3 Å². The quantitative estimate of drug-likeness (QED) is 0.0974. The van der Waals surface area contributed by atoms with E-state index in [1.165, 1.54) is 6.21 Å². The molecule has 0 bridgehead atoms. The van der Waals surface area contributed by atoms with Crippen molar-refractivity contribution in [1.82, 2.24) is 5.43 Å². The van der Waals surface area contributed by atoms with Crippen LogP contribution < -0.4 is 14.9 Å². The van der Waals surface area contributed by atoms with Crippen LogP contribution in [-0.4, -0.2) is 24.2 Å². The molecule has 6 nitrogen and oxygen atoms in total. The Balaban J connectivity index is 1.45. The maximum absolute atomic E-state index is 12.8. The second kappa shape index (κ2) is 12.2. The summed E-state index contributed by atoms with van der Waals surface area (Å²) < 4.78 is 13.2. The van der Waals surface area contributed by atoms with E-state index < -0.39 is 18.0 Å². The highest BCUT2D eigenvalue weighted by Gasteiger charge is 2.20. The second-order valence-electron chi connectivity index (χ2n) is 8.29. The van der Waals surface area contributed by atoms with Crippen LogP contribution in [-0.2, 0) is 4.79 Å². The molecule has 0 aliphatic rings. The molecule has 1 amide bonds. The lowest BCUT2D eigenvalue weighted by Crippen LogP contribution is -2.35. The number of amides is 1. The third-order valence-electron chi connectivity index (χ3n) is 5.60. The first-order valence-corrected chi connectivity index (χ1v) is 13.2. The zero-order valence-corrected chi connectivity index (χ0v) is 23.4. The number of esters is 1. The second-order valence-corrected chi connectivity index (χ2v) is 9.99. The van der Waals surface area contributed by atoms with Crippen LogP contribution in [0.3, 0.4) is 0 Å². The molecule has 37 heavy (non-hydrogen) atoms. The van der Waals surface area contributed by atoms with Crippen molar-refractivity contribution in [1.29, 1.82) is 0 Å². The minimum absolute atomic E-state index is 0.315. The van der Waals surface area contributed by atoms with Crippen LogP contribution in [0.5, 0.6) is 11.5 Å². The van der Waals surface area contributed by atoms with Gasteiger partial charge in [0.25, 0.3) is 5.91 Å². The minimum Gasteiger partial charge on any atom is -0.479 e. The zero-order chi connectivity index (χ0) is 26.4. The largest absolute Gasteiger partial charge is 0.479 e. The number of halogens is 2. The predicted octanol–water partition coefficient (Wildman–Crippen LogP) is 7.20. The minimum atomic E-state index is -0.754. The standard InChI is InChI=1S/C29H24Br2N2O4/c1-3-24(36-26-14-12-19-6-4-5-7-23(19)27(26)31)28(34)33-32-17-21-16-22(30)13-15-25(21)37-29(35)20-10-8-18(2)9-11-20/h4-17,24H,3H2,1-2H3,(H,33,34)/b32-17-/t24-/m1/s1. The summed E-state index contributed by atoms with van der Waals surface area (Å²) in [7, 11) is 0. The number of nitrogens with zero attached hydrogens (tertiary/aromatic N) is 1. The Kier molecular flexibility index (Phi) is 8.74. The van der Waals surface area contributed by atoms with E-state index in [2.05, 4.69) is 42.4 Å². The molecule has 0 fully saturated rings. The van der Waals surface area contributed by atoms with Gasteiger partial charge in [-0.25, -0.2) is 10.2 Å². The number of carbonyl (C=O) groups is 2. The number of rotatable bonds is 8. The van der Waals surface area contributed by atoms with Gasteiger partial charge in [-0.3, -0.25) is 4.79 Å². The van der Waals surface area contributed by atoms with Crippen LogP contribution in [0.25, 0.3) is 10.8 Å². The monoisotopic (exact) mass is 622 g/mol. The van der Waals surface area contributed by atoms with Crippen LogP contribution in [0.2, 0.25) is 0 Å². The summed E-state index contributed by atoms with van der Waals surface area (Å²) in [6.45, 7) is 3.81. The van der Waals surface area contributed by atoms with Gasteiger partial charge in [0.2, 0.25) is 0 Å². The molecule has 0 unspecified atom stereocenters. The molecule has 188 valence electrons. The molecular weight excluding hydrogens is 600 g/mol. The van der Waals surface area contributed by atoms with Gasteiger partial charge in [-0.05, 0) is 76.4 Å². The van der Waals surface area contributed by atoms with Crippen LogP contribution >= 0.6 is 31.9 Å². The average molecular weight is 624 g/mol. The fraction of sp³-hybridized carbons (Fsp3) is 0.138. The molecule has 0 saturated heterocycles. The SMILES string of the molecule is CC[C@@H](Oc1ccc2ccccc2c1Br)C(=O)N/N=C\c1cc(Br)ccc1OC(=O)c1ccc(C)cc1. The van der Waals surface area contributed by atoms with Crippen molar-refractivity contribution in [2.75, 3.05) is 0 Å². The number of ether oxygens (including phenoxy) is 2. The Hall–Kier alpha value is -3.49. The third-order valence-corrected chi connectivity index (χ3v) is 6.91. The van der Waals surface area contributed by atoms with E-state index in [9.17, 15) is 9.59 Å². The first-order valence-electron chi connectivity index (χ1n) is 11.6. The van der Waals surface area contributed by atoms with Crippen molar-refractivity contribution in [3.05, 3.63) is 104 Å². The molecule has 0 aliphatic heterocycles. The zero-order valence-electron chi connectivity index (χ0n) is 20.2. The van der Waals surface area contributed by atoms with Gasteiger partial charge in [0.1, 0.15) is 11.5 Å². The number of hydrazone groups is 1. The Labute approximate surface area is 231 Å². The molecule has 0 heterocycles. The molecule has 0 saturated carbocycles. The summed E-state index contributed by atoms with van der Waals surface area (Å²) in [6.07, 6.45) is 1.12. The molecule has 4 aromatic rings. The van der Waals surface area contributed by atoms with E-state index in [1.54, 1.807) is 30.3 Å². The number of benzene rings is 4. The Bertz CT molecular complexity index is 1470. The van der Waals surface area contributed by atoms with Crippen molar-refractivity contribution in [2.24, 2.45) is 5.10 Å². The summed E-state index contributed by atoms with van der Waals surface area (Å²) >= 11 is 7.01. The smallest absolute Gasteiger partial charge is 0.343 e. The van der Waals surface area contributed by atoms with Crippen LogP contribution in [0.1, 0.15) is 34.8 Å². The summed E-state index contributed by atoms with van der Waals surface area (Å²) in [5.41, 5.74) is 4.53. The first-order chi connectivity index (χ1) is 17.9. The highest BCUT2D eigenvalue weighted by molar-refractivity contribution is 9.11. The Morgan fingerprint density at radius 1 is 0.973 bits per heavy atom.